The summed E-state index contributed by atoms with van der Waals surface area (Å²) in [6, 6.07) is 13.5. The highest BCUT2D eigenvalue weighted by atomic mass is 16.5. The van der Waals surface area contributed by atoms with Crippen molar-refractivity contribution >= 4 is 11.6 Å². The molecule has 5 heteroatoms. The van der Waals surface area contributed by atoms with Crippen LogP contribution in [-0.2, 0) is 4.79 Å². The van der Waals surface area contributed by atoms with E-state index in [2.05, 4.69) is 0 Å². The maximum Gasteiger partial charge on any atom is 0.244 e. The minimum atomic E-state index is -0.455. The summed E-state index contributed by atoms with van der Waals surface area (Å²) >= 11 is 0. The largest absolute Gasteiger partial charge is 0.504 e. The Kier molecular flexibility index (Phi) is 3.50. The summed E-state index contributed by atoms with van der Waals surface area (Å²) in [6.45, 7) is 0.571. The molecule has 0 unspecified atom stereocenters. The van der Waals surface area contributed by atoms with Crippen LogP contribution in [0.4, 0.5) is 5.69 Å². The molecule has 1 aliphatic heterocycles. The first-order chi connectivity index (χ1) is 10.2. The number of carbonyl (C=O) groups is 1. The summed E-state index contributed by atoms with van der Waals surface area (Å²) in [5.41, 5.74) is 6.43. The Morgan fingerprint density at radius 1 is 1.10 bits per heavy atom. The van der Waals surface area contributed by atoms with Gasteiger partial charge in [0.1, 0.15) is 0 Å². The van der Waals surface area contributed by atoms with Crippen LogP contribution >= 0.6 is 0 Å². The first kappa shape index (κ1) is 13.5. The van der Waals surface area contributed by atoms with Crippen molar-refractivity contribution in [2.24, 2.45) is 5.73 Å². The number of nitrogens with two attached hydrogens (primary N) is 1. The van der Waals surface area contributed by atoms with Gasteiger partial charge < -0.3 is 20.5 Å². The molecule has 1 aliphatic rings. The molecule has 21 heavy (non-hydrogen) atoms. The summed E-state index contributed by atoms with van der Waals surface area (Å²) in [6.07, 6.45) is 0.629. The van der Waals surface area contributed by atoms with E-state index in [9.17, 15) is 9.90 Å². The molecule has 1 saturated heterocycles. The third-order valence-corrected chi connectivity index (χ3v) is 3.49. The fraction of sp³-hybridized carbons (Fsp3) is 0.188. The lowest BCUT2D eigenvalue weighted by Crippen LogP contribution is -2.34. The molecule has 0 aliphatic carbocycles. The van der Waals surface area contributed by atoms with Crippen LogP contribution in [0.1, 0.15) is 6.42 Å². The van der Waals surface area contributed by atoms with Crippen molar-refractivity contribution in [1.29, 1.82) is 0 Å². The molecule has 0 radical (unpaired) electrons. The quantitative estimate of drug-likeness (QED) is 0.906. The van der Waals surface area contributed by atoms with Gasteiger partial charge in [-0.05, 0) is 30.7 Å². The zero-order valence-electron chi connectivity index (χ0n) is 11.4. The minimum absolute atomic E-state index is 0.0525. The summed E-state index contributed by atoms with van der Waals surface area (Å²) in [4.78, 5) is 13.7. The average molecular weight is 284 g/mol. The number of aromatic hydroxyl groups is 1. The van der Waals surface area contributed by atoms with Gasteiger partial charge in [0.2, 0.25) is 5.91 Å². The second kappa shape index (κ2) is 5.46. The van der Waals surface area contributed by atoms with Gasteiger partial charge in [0, 0.05) is 6.54 Å². The Bertz CT molecular complexity index is 672. The molecule has 1 heterocycles. The van der Waals surface area contributed by atoms with E-state index in [1.165, 1.54) is 0 Å². The van der Waals surface area contributed by atoms with Crippen molar-refractivity contribution in [1.82, 2.24) is 0 Å². The topological polar surface area (TPSA) is 75.8 Å². The monoisotopic (exact) mass is 284 g/mol. The standard InChI is InChI=1S/C16H16N2O3/c17-11-9-10-18(16(11)20)12-5-1-3-7-14(12)21-15-8-4-2-6-13(15)19/h1-8,11,19H,9-10,17H2/t11-/m1/s1. The molecular weight excluding hydrogens is 268 g/mol. The van der Waals surface area contributed by atoms with Gasteiger partial charge in [-0.15, -0.1) is 0 Å². The van der Waals surface area contributed by atoms with Gasteiger partial charge >= 0.3 is 0 Å². The highest BCUT2D eigenvalue weighted by molar-refractivity contribution is 6.00. The third-order valence-electron chi connectivity index (χ3n) is 3.49. The second-order valence-electron chi connectivity index (χ2n) is 4.92. The molecule has 1 fully saturated rings. The number of anilines is 1. The van der Waals surface area contributed by atoms with Crippen molar-refractivity contribution in [2.75, 3.05) is 11.4 Å². The van der Waals surface area contributed by atoms with Crippen LogP contribution in [-0.4, -0.2) is 23.6 Å². The Hall–Kier alpha value is -2.53. The van der Waals surface area contributed by atoms with Gasteiger partial charge in [0.05, 0.1) is 11.7 Å². The van der Waals surface area contributed by atoms with E-state index in [-0.39, 0.29) is 11.7 Å². The highest BCUT2D eigenvalue weighted by Gasteiger charge is 2.31. The first-order valence-corrected chi connectivity index (χ1v) is 6.78. The normalized spacial score (nSPS) is 18.0. The summed E-state index contributed by atoms with van der Waals surface area (Å²) < 4.78 is 5.75. The number of hydrogen-bond donors (Lipinski definition) is 2. The van der Waals surface area contributed by atoms with Crippen LogP contribution < -0.4 is 15.4 Å². The van der Waals surface area contributed by atoms with Crippen molar-refractivity contribution < 1.29 is 14.6 Å². The number of benzene rings is 2. The van der Waals surface area contributed by atoms with Gasteiger partial charge in [0.25, 0.3) is 0 Å². The van der Waals surface area contributed by atoms with Gasteiger partial charge in [-0.25, -0.2) is 0 Å². The number of ether oxygens (including phenoxy) is 1. The summed E-state index contributed by atoms with van der Waals surface area (Å²) in [7, 11) is 0. The van der Waals surface area contributed by atoms with Crippen LogP contribution in [0.3, 0.4) is 0 Å². The number of hydrogen-bond acceptors (Lipinski definition) is 4. The molecule has 1 amide bonds. The fourth-order valence-corrected chi connectivity index (χ4v) is 2.37. The molecule has 0 spiro atoms. The van der Waals surface area contributed by atoms with Gasteiger partial charge in [-0.1, -0.05) is 24.3 Å². The zero-order chi connectivity index (χ0) is 14.8. The molecule has 1 atom stereocenters. The molecule has 108 valence electrons. The van der Waals surface area contributed by atoms with E-state index < -0.39 is 6.04 Å². The second-order valence-corrected chi connectivity index (χ2v) is 4.92. The van der Waals surface area contributed by atoms with Crippen LogP contribution in [0.25, 0.3) is 0 Å². The van der Waals surface area contributed by atoms with Crippen LogP contribution in [0, 0.1) is 0 Å². The lowest BCUT2D eigenvalue weighted by molar-refractivity contribution is -0.118. The smallest absolute Gasteiger partial charge is 0.244 e. The van der Waals surface area contributed by atoms with E-state index in [4.69, 9.17) is 10.5 Å². The van der Waals surface area contributed by atoms with Crippen LogP contribution in [0.2, 0.25) is 0 Å². The van der Waals surface area contributed by atoms with E-state index in [1.54, 1.807) is 35.2 Å². The Morgan fingerprint density at radius 2 is 1.76 bits per heavy atom. The molecular formula is C16H16N2O3. The first-order valence-electron chi connectivity index (χ1n) is 6.78. The van der Waals surface area contributed by atoms with E-state index in [1.807, 2.05) is 18.2 Å². The van der Waals surface area contributed by atoms with Gasteiger partial charge in [-0.2, -0.15) is 0 Å². The lowest BCUT2D eigenvalue weighted by Gasteiger charge is -2.20. The maximum atomic E-state index is 12.1. The number of rotatable bonds is 3. The number of amides is 1. The van der Waals surface area contributed by atoms with E-state index >= 15 is 0 Å². The molecule has 3 rings (SSSR count). The predicted octanol–water partition coefficient (Wildman–Crippen LogP) is 2.25. The molecule has 5 nitrogen and oxygen atoms in total. The molecule has 0 saturated carbocycles. The zero-order valence-corrected chi connectivity index (χ0v) is 11.4. The Morgan fingerprint density at radius 3 is 2.43 bits per heavy atom. The maximum absolute atomic E-state index is 12.1. The predicted molar refractivity (Wildman–Crippen MR) is 79.6 cm³/mol. The van der Waals surface area contributed by atoms with E-state index in [0.717, 1.165) is 0 Å². The molecule has 2 aromatic rings. The lowest BCUT2D eigenvalue weighted by atomic mass is 10.2. The average Bonchev–Trinajstić information content (AvgIpc) is 2.82. The van der Waals surface area contributed by atoms with Crippen LogP contribution in [0.15, 0.2) is 48.5 Å². The summed E-state index contributed by atoms with van der Waals surface area (Å²) in [5, 5.41) is 9.80. The SMILES string of the molecule is N[C@@H]1CCN(c2ccccc2Oc2ccccc2O)C1=O. The van der Waals surface area contributed by atoms with Crippen molar-refractivity contribution in [3.63, 3.8) is 0 Å². The molecule has 2 aromatic carbocycles. The fourth-order valence-electron chi connectivity index (χ4n) is 2.37. The van der Waals surface area contributed by atoms with Crippen molar-refractivity contribution in [3.05, 3.63) is 48.5 Å². The third kappa shape index (κ3) is 2.55. The molecule has 0 bridgehead atoms. The highest BCUT2D eigenvalue weighted by Crippen LogP contribution is 2.37. The van der Waals surface area contributed by atoms with Crippen molar-refractivity contribution in [3.8, 4) is 17.2 Å². The number of phenols is 1. The number of nitrogens with zero attached hydrogens (tertiary/aromatic N) is 1. The van der Waals surface area contributed by atoms with Crippen molar-refractivity contribution in [2.45, 2.75) is 12.5 Å². The molecule has 0 aromatic heterocycles. The summed E-state index contributed by atoms with van der Waals surface area (Å²) in [5.74, 6) is 0.808. The molecule has 3 N–H and O–H groups in total. The number of phenolic OH excluding ortho intramolecular Hbond substituents is 1. The Balaban J connectivity index is 1.94. The van der Waals surface area contributed by atoms with Crippen LogP contribution in [0.5, 0.6) is 17.2 Å². The minimum Gasteiger partial charge on any atom is -0.504 e. The van der Waals surface area contributed by atoms with Gasteiger partial charge in [-0.3, -0.25) is 4.79 Å². The number of carbonyl (C=O) groups excluding carboxylic acids is 1. The van der Waals surface area contributed by atoms with Gasteiger partial charge in [0.15, 0.2) is 17.2 Å². The van der Waals surface area contributed by atoms with E-state index in [0.29, 0.717) is 30.2 Å². The number of para-hydroxylation sites is 4. The Labute approximate surface area is 122 Å².